The first-order valence-electron chi connectivity index (χ1n) is 10.5. The van der Waals surface area contributed by atoms with Gasteiger partial charge in [-0.15, -0.1) is 0 Å². The zero-order valence-corrected chi connectivity index (χ0v) is 19.0. The summed E-state index contributed by atoms with van der Waals surface area (Å²) in [7, 11) is 1.65. The fourth-order valence-electron chi connectivity index (χ4n) is 4.21. The van der Waals surface area contributed by atoms with Gasteiger partial charge in [-0.05, 0) is 53.9 Å². The Morgan fingerprint density at radius 2 is 1.90 bits per heavy atom. The highest BCUT2D eigenvalue weighted by molar-refractivity contribution is 9.10. The summed E-state index contributed by atoms with van der Waals surface area (Å²) < 4.78 is 6.48. The third-order valence-electron chi connectivity index (χ3n) is 5.76. The van der Waals surface area contributed by atoms with Gasteiger partial charge in [-0.3, -0.25) is 9.59 Å². The van der Waals surface area contributed by atoms with Crippen molar-refractivity contribution in [1.29, 1.82) is 0 Å². The van der Waals surface area contributed by atoms with Gasteiger partial charge in [0.25, 0.3) is 5.91 Å². The number of fused-ring (bicyclic) bond motifs is 1. The number of likely N-dealkylation sites (tertiary alicyclic amines) is 1. The van der Waals surface area contributed by atoms with E-state index in [2.05, 4.69) is 21.2 Å². The number of nitrogens with one attached hydrogen (secondary N) is 1. The summed E-state index contributed by atoms with van der Waals surface area (Å²) in [6.07, 6.45) is 2.13. The van der Waals surface area contributed by atoms with Crippen LogP contribution in [0.2, 0.25) is 0 Å². The quantitative estimate of drug-likeness (QED) is 0.534. The summed E-state index contributed by atoms with van der Waals surface area (Å²) in [4.78, 5) is 27.4. The minimum Gasteiger partial charge on any atom is -0.496 e. The molecule has 31 heavy (non-hydrogen) atoms. The standard InChI is InChI=1S/C25H25BrN2O3/c1-31-23-11-10-20(26)16-21(23)22-7-4-14-28(22)24(29)12-13-27-25(30)19-9-8-17-5-2-3-6-18(17)15-19/h2-3,5-6,8-11,15-16,22H,4,7,12-14H2,1H3,(H,27,30)/t22-/m1/s1. The lowest BCUT2D eigenvalue weighted by atomic mass is 10.0. The second kappa shape index (κ2) is 9.52. The first-order valence-corrected chi connectivity index (χ1v) is 11.3. The molecule has 1 aliphatic heterocycles. The van der Waals surface area contributed by atoms with Gasteiger partial charge in [-0.1, -0.05) is 46.3 Å². The molecule has 3 aromatic carbocycles. The average molecular weight is 481 g/mol. The van der Waals surface area contributed by atoms with Gasteiger partial charge in [0.2, 0.25) is 5.91 Å². The minimum absolute atomic E-state index is 0.00357. The van der Waals surface area contributed by atoms with E-state index in [1.165, 1.54) is 0 Å². The number of amides is 2. The van der Waals surface area contributed by atoms with Crippen LogP contribution in [-0.4, -0.2) is 36.9 Å². The van der Waals surface area contributed by atoms with E-state index in [-0.39, 0.29) is 24.3 Å². The molecule has 2 amide bonds. The number of halogens is 1. The summed E-state index contributed by atoms with van der Waals surface area (Å²) in [5.74, 6) is 0.672. The fourth-order valence-corrected chi connectivity index (χ4v) is 4.59. The van der Waals surface area contributed by atoms with Gasteiger partial charge in [0, 0.05) is 35.1 Å². The van der Waals surface area contributed by atoms with Crippen molar-refractivity contribution in [3.8, 4) is 5.75 Å². The summed E-state index contributed by atoms with van der Waals surface area (Å²) in [6, 6.07) is 19.4. The van der Waals surface area contributed by atoms with Gasteiger partial charge in [0.15, 0.2) is 0 Å². The second-order valence-corrected chi connectivity index (χ2v) is 8.61. The van der Waals surface area contributed by atoms with Crippen molar-refractivity contribution in [1.82, 2.24) is 10.2 Å². The molecule has 6 heteroatoms. The Morgan fingerprint density at radius 1 is 1.10 bits per heavy atom. The van der Waals surface area contributed by atoms with Gasteiger partial charge in [0.05, 0.1) is 13.2 Å². The number of carbonyl (C=O) groups is 2. The van der Waals surface area contributed by atoms with Crippen molar-refractivity contribution in [3.63, 3.8) is 0 Å². The average Bonchev–Trinajstić information content (AvgIpc) is 3.28. The largest absolute Gasteiger partial charge is 0.496 e. The van der Waals surface area contributed by atoms with Crippen LogP contribution in [0.25, 0.3) is 10.8 Å². The summed E-state index contributed by atoms with van der Waals surface area (Å²) in [5.41, 5.74) is 1.62. The normalized spacial score (nSPS) is 15.8. The van der Waals surface area contributed by atoms with E-state index in [0.29, 0.717) is 12.1 Å². The molecule has 0 radical (unpaired) electrons. The van der Waals surface area contributed by atoms with Crippen LogP contribution >= 0.6 is 15.9 Å². The predicted molar refractivity (Wildman–Crippen MR) is 125 cm³/mol. The Labute approximate surface area is 190 Å². The Balaban J connectivity index is 1.37. The van der Waals surface area contributed by atoms with E-state index in [9.17, 15) is 9.59 Å². The molecular weight excluding hydrogens is 456 g/mol. The number of rotatable bonds is 6. The van der Waals surface area contributed by atoms with Crippen molar-refractivity contribution in [2.24, 2.45) is 0 Å². The molecule has 3 aromatic rings. The fraction of sp³-hybridized carbons (Fsp3) is 0.280. The minimum atomic E-state index is -0.162. The lowest BCUT2D eigenvalue weighted by Crippen LogP contribution is -2.34. The molecule has 1 aliphatic rings. The van der Waals surface area contributed by atoms with E-state index in [1.807, 2.05) is 65.6 Å². The smallest absolute Gasteiger partial charge is 0.251 e. The monoisotopic (exact) mass is 480 g/mol. The molecule has 160 valence electrons. The molecule has 5 nitrogen and oxygen atoms in total. The lowest BCUT2D eigenvalue weighted by molar-refractivity contribution is -0.132. The number of nitrogens with zero attached hydrogens (tertiary/aromatic N) is 1. The maximum absolute atomic E-state index is 12.9. The van der Waals surface area contributed by atoms with E-state index in [4.69, 9.17) is 4.74 Å². The molecule has 1 N–H and O–H groups in total. The van der Waals surface area contributed by atoms with Gasteiger partial charge in [-0.25, -0.2) is 0 Å². The predicted octanol–water partition coefficient (Wildman–Crippen LogP) is 5.09. The zero-order valence-electron chi connectivity index (χ0n) is 17.4. The highest BCUT2D eigenvalue weighted by Crippen LogP contribution is 2.38. The Hall–Kier alpha value is -2.86. The topological polar surface area (TPSA) is 58.6 Å². The first kappa shape index (κ1) is 21.4. The highest BCUT2D eigenvalue weighted by atomic mass is 79.9. The van der Waals surface area contributed by atoms with Crippen LogP contribution < -0.4 is 10.1 Å². The van der Waals surface area contributed by atoms with E-state index >= 15 is 0 Å². The van der Waals surface area contributed by atoms with Crippen LogP contribution in [0.15, 0.2) is 65.1 Å². The maximum atomic E-state index is 12.9. The van der Waals surface area contributed by atoms with Crippen LogP contribution in [0.3, 0.4) is 0 Å². The van der Waals surface area contributed by atoms with Crippen LogP contribution in [-0.2, 0) is 4.79 Å². The molecule has 1 atom stereocenters. The second-order valence-electron chi connectivity index (χ2n) is 7.70. The van der Waals surface area contributed by atoms with Gasteiger partial charge >= 0.3 is 0 Å². The zero-order chi connectivity index (χ0) is 21.8. The van der Waals surface area contributed by atoms with E-state index in [1.54, 1.807) is 7.11 Å². The van der Waals surface area contributed by atoms with Crippen LogP contribution in [0.4, 0.5) is 0 Å². The van der Waals surface area contributed by atoms with E-state index in [0.717, 1.165) is 45.9 Å². The molecule has 0 aliphatic carbocycles. The van der Waals surface area contributed by atoms with Gasteiger partial charge in [-0.2, -0.15) is 0 Å². The van der Waals surface area contributed by atoms with Crippen molar-refractivity contribution in [2.75, 3.05) is 20.2 Å². The van der Waals surface area contributed by atoms with Crippen molar-refractivity contribution < 1.29 is 14.3 Å². The molecule has 0 spiro atoms. The molecule has 1 saturated heterocycles. The van der Waals surface area contributed by atoms with Crippen molar-refractivity contribution in [2.45, 2.75) is 25.3 Å². The van der Waals surface area contributed by atoms with Crippen LogP contribution in [0, 0.1) is 0 Å². The Morgan fingerprint density at radius 3 is 2.71 bits per heavy atom. The highest BCUT2D eigenvalue weighted by Gasteiger charge is 2.31. The van der Waals surface area contributed by atoms with Crippen LogP contribution in [0.5, 0.6) is 5.75 Å². The molecule has 1 heterocycles. The third-order valence-corrected chi connectivity index (χ3v) is 6.25. The molecule has 0 saturated carbocycles. The first-order chi connectivity index (χ1) is 15.1. The molecular formula is C25H25BrN2O3. The Kier molecular flexibility index (Phi) is 6.56. The summed E-state index contributed by atoms with van der Waals surface area (Å²) >= 11 is 3.52. The third kappa shape index (κ3) is 4.74. The number of carbonyl (C=O) groups excluding carboxylic acids is 2. The number of methoxy groups -OCH3 is 1. The van der Waals surface area contributed by atoms with Crippen LogP contribution in [0.1, 0.15) is 41.2 Å². The number of hydrogen-bond donors (Lipinski definition) is 1. The summed E-state index contributed by atoms with van der Waals surface area (Å²) in [5, 5.41) is 5.00. The maximum Gasteiger partial charge on any atom is 0.251 e. The Bertz CT molecular complexity index is 1110. The SMILES string of the molecule is COc1ccc(Br)cc1[C@H]1CCCN1C(=O)CCNC(=O)c1ccc2ccccc2c1. The van der Waals surface area contributed by atoms with Gasteiger partial charge < -0.3 is 15.0 Å². The molecule has 0 bridgehead atoms. The lowest BCUT2D eigenvalue weighted by Gasteiger charge is -2.26. The van der Waals surface area contributed by atoms with Crippen molar-refractivity contribution in [3.05, 3.63) is 76.3 Å². The number of hydrogen-bond acceptors (Lipinski definition) is 3. The van der Waals surface area contributed by atoms with Gasteiger partial charge in [0.1, 0.15) is 5.75 Å². The molecule has 0 unspecified atom stereocenters. The van der Waals surface area contributed by atoms with E-state index < -0.39 is 0 Å². The molecule has 4 rings (SSSR count). The molecule has 0 aromatic heterocycles. The number of ether oxygens (including phenoxy) is 1. The van der Waals surface area contributed by atoms with Crippen molar-refractivity contribution >= 4 is 38.5 Å². The molecule has 1 fully saturated rings. The number of benzene rings is 3. The summed E-state index contributed by atoms with van der Waals surface area (Å²) in [6.45, 7) is 1.03.